The molecule has 2 aromatic rings. The van der Waals surface area contributed by atoms with Gasteiger partial charge < -0.3 is 19.7 Å². The summed E-state index contributed by atoms with van der Waals surface area (Å²) in [7, 11) is 0. The number of esters is 1. The van der Waals surface area contributed by atoms with Gasteiger partial charge in [-0.2, -0.15) is 0 Å². The van der Waals surface area contributed by atoms with Crippen LogP contribution in [-0.4, -0.2) is 34.9 Å². The van der Waals surface area contributed by atoms with E-state index in [1.54, 1.807) is 0 Å². The van der Waals surface area contributed by atoms with Crippen LogP contribution >= 0.6 is 28.1 Å². The first kappa shape index (κ1) is 20.2. The Bertz CT molecular complexity index is 939. The fraction of sp³-hybridized carbons (Fsp3) is 0.364. The molecule has 3 atom stereocenters. The molecule has 0 saturated carbocycles. The Labute approximate surface area is 184 Å². The zero-order valence-electron chi connectivity index (χ0n) is 16.4. The fourth-order valence-electron chi connectivity index (χ4n) is 4.22. The first-order valence-corrected chi connectivity index (χ1v) is 10.9. The minimum Gasteiger partial charge on any atom is -0.467 e. The van der Waals surface area contributed by atoms with Gasteiger partial charge in [-0.05, 0) is 56.2 Å². The number of ether oxygens (including phenoxy) is 2. The van der Waals surface area contributed by atoms with E-state index in [-0.39, 0.29) is 12.0 Å². The zero-order valence-corrected chi connectivity index (χ0v) is 18.8. The van der Waals surface area contributed by atoms with Crippen LogP contribution in [0.3, 0.4) is 0 Å². The van der Waals surface area contributed by atoms with Crippen LogP contribution in [0.25, 0.3) is 0 Å². The summed E-state index contributed by atoms with van der Waals surface area (Å²) in [5, 5.41) is 3.97. The van der Waals surface area contributed by atoms with Crippen molar-refractivity contribution in [2.24, 2.45) is 5.92 Å². The normalized spacial score (nSPS) is 24.9. The van der Waals surface area contributed by atoms with E-state index in [0.717, 1.165) is 22.2 Å². The summed E-state index contributed by atoms with van der Waals surface area (Å²) in [5.74, 6) is -0.0852. The number of nitrogens with zero attached hydrogens (tertiary/aromatic N) is 1. The van der Waals surface area contributed by atoms with Gasteiger partial charge in [-0.25, -0.2) is 0 Å². The second-order valence-corrected chi connectivity index (χ2v) is 8.69. The minimum absolute atomic E-state index is 0.287. The van der Waals surface area contributed by atoms with Gasteiger partial charge in [0, 0.05) is 16.6 Å². The van der Waals surface area contributed by atoms with Gasteiger partial charge in [0.2, 0.25) is 0 Å². The molecule has 0 aromatic heterocycles. The highest BCUT2D eigenvalue weighted by atomic mass is 79.9. The SMILES string of the molecule is CCOC(=O)[C@@H]1[C@H]2NC(=S)N(CCc3ccccc3)[C@@]1(C)Oc1ccc(Br)cc12. The summed E-state index contributed by atoms with van der Waals surface area (Å²) in [6, 6.07) is 15.7. The molecule has 2 aromatic carbocycles. The number of benzene rings is 2. The number of rotatable bonds is 5. The smallest absolute Gasteiger partial charge is 0.317 e. The lowest BCUT2D eigenvalue weighted by molar-refractivity contribution is -0.175. The van der Waals surface area contributed by atoms with Crippen molar-refractivity contribution >= 4 is 39.2 Å². The van der Waals surface area contributed by atoms with E-state index in [0.29, 0.717) is 18.3 Å². The Morgan fingerprint density at radius 1 is 1.31 bits per heavy atom. The standard InChI is InChI=1S/C22H23BrN2O3S/c1-3-27-20(26)18-19-16-13-15(23)9-10-17(16)28-22(18,2)25(21(29)24-19)12-11-14-7-5-4-6-8-14/h4-10,13,18-19H,3,11-12H2,1-2H3,(H,24,29)/t18-,19-,22-/m0/s1. The van der Waals surface area contributed by atoms with Crippen molar-refractivity contribution in [2.75, 3.05) is 13.2 Å². The van der Waals surface area contributed by atoms with E-state index in [4.69, 9.17) is 21.7 Å². The Morgan fingerprint density at radius 3 is 2.79 bits per heavy atom. The van der Waals surface area contributed by atoms with E-state index in [1.165, 1.54) is 5.56 Å². The number of hydrogen-bond acceptors (Lipinski definition) is 4. The molecule has 0 spiro atoms. The summed E-state index contributed by atoms with van der Waals surface area (Å²) in [4.78, 5) is 15.0. The number of nitrogens with one attached hydrogen (secondary N) is 1. The summed E-state index contributed by atoms with van der Waals surface area (Å²) >= 11 is 9.22. The van der Waals surface area contributed by atoms with E-state index >= 15 is 0 Å². The van der Waals surface area contributed by atoms with E-state index in [2.05, 4.69) is 33.4 Å². The second-order valence-electron chi connectivity index (χ2n) is 7.38. The molecule has 2 bridgehead atoms. The van der Waals surface area contributed by atoms with Gasteiger partial charge in [-0.3, -0.25) is 4.79 Å². The largest absolute Gasteiger partial charge is 0.467 e. The van der Waals surface area contributed by atoms with Crippen LogP contribution in [0, 0.1) is 5.92 Å². The average molecular weight is 475 g/mol. The molecular formula is C22H23BrN2O3S. The van der Waals surface area contributed by atoms with Crippen molar-refractivity contribution in [3.05, 3.63) is 64.1 Å². The summed E-state index contributed by atoms with van der Waals surface area (Å²) in [5.41, 5.74) is 1.17. The molecule has 2 heterocycles. The quantitative estimate of drug-likeness (QED) is 0.517. The molecule has 0 amide bonds. The first-order chi connectivity index (χ1) is 13.9. The van der Waals surface area contributed by atoms with Gasteiger partial charge in [-0.15, -0.1) is 0 Å². The van der Waals surface area contributed by atoms with Crippen molar-refractivity contribution in [1.82, 2.24) is 10.2 Å². The van der Waals surface area contributed by atoms with Crippen LogP contribution in [0.5, 0.6) is 5.75 Å². The molecule has 152 valence electrons. The third kappa shape index (κ3) is 3.62. The van der Waals surface area contributed by atoms with E-state index in [1.807, 2.05) is 55.1 Å². The minimum atomic E-state index is -0.936. The van der Waals surface area contributed by atoms with E-state index < -0.39 is 11.6 Å². The Hall–Kier alpha value is -2.12. The van der Waals surface area contributed by atoms with Crippen LogP contribution in [0.4, 0.5) is 0 Å². The summed E-state index contributed by atoms with van der Waals surface area (Å²) in [6.07, 6.45) is 0.787. The molecule has 5 nitrogen and oxygen atoms in total. The Morgan fingerprint density at radius 2 is 2.07 bits per heavy atom. The lowest BCUT2D eigenvalue weighted by Gasteiger charge is -2.55. The first-order valence-electron chi connectivity index (χ1n) is 9.71. The topological polar surface area (TPSA) is 50.8 Å². The fourth-order valence-corrected chi connectivity index (χ4v) is 5.00. The monoisotopic (exact) mass is 474 g/mol. The maximum Gasteiger partial charge on any atom is 0.317 e. The molecule has 7 heteroatoms. The number of hydrogen-bond donors (Lipinski definition) is 1. The Kier molecular flexibility index (Phi) is 5.53. The number of carbonyl (C=O) groups is 1. The van der Waals surface area contributed by atoms with Gasteiger partial charge in [0.05, 0.1) is 12.6 Å². The van der Waals surface area contributed by atoms with Crippen LogP contribution in [-0.2, 0) is 16.0 Å². The molecule has 2 aliphatic rings. The molecule has 29 heavy (non-hydrogen) atoms. The van der Waals surface area contributed by atoms with Gasteiger partial charge in [0.25, 0.3) is 0 Å². The molecule has 0 aliphatic carbocycles. The predicted molar refractivity (Wildman–Crippen MR) is 119 cm³/mol. The maximum atomic E-state index is 13.0. The van der Waals surface area contributed by atoms with Crippen LogP contribution in [0.2, 0.25) is 0 Å². The third-order valence-electron chi connectivity index (χ3n) is 5.60. The number of thiocarbonyl (C=S) groups is 1. The van der Waals surface area contributed by atoms with Gasteiger partial charge in [0.1, 0.15) is 11.7 Å². The van der Waals surface area contributed by atoms with Crippen molar-refractivity contribution in [3.8, 4) is 5.75 Å². The molecule has 1 saturated heterocycles. The maximum absolute atomic E-state index is 13.0. The number of fused-ring (bicyclic) bond motifs is 4. The van der Waals surface area contributed by atoms with Gasteiger partial charge in [-0.1, -0.05) is 46.3 Å². The molecule has 0 radical (unpaired) electrons. The van der Waals surface area contributed by atoms with E-state index in [9.17, 15) is 4.79 Å². The second kappa shape index (κ2) is 7.95. The highest BCUT2D eigenvalue weighted by Crippen LogP contribution is 2.49. The van der Waals surface area contributed by atoms with Crippen molar-refractivity contribution in [1.29, 1.82) is 0 Å². The van der Waals surface area contributed by atoms with Crippen molar-refractivity contribution in [3.63, 3.8) is 0 Å². The van der Waals surface area contributed by atoms with Crippen LogP contribution < -0.4 is 10.1 Å². The number of carbonyl (C=O) groups excluding carboxylic acids is 1. The predicted octanol–water partition coefficient (Wildman–Crippen LogP) is 4.21. The molecular weight excluding hydrogens is 452 g/mol. The molecule has 2 aliphatic heterocycles. The lowest BCUT2D eigenvalue weighted by Crippen LogP contribution is -2.71. The summed E-state index contributed by atoms with van der Waals surface area (Å²) < 4.78 is 12.8. The third-order valence-corrected chi connectivity index (χ3v) is 6.43. The summed E-state index contributed by atoms with van der Waals surface area (Å²) in [6.45, 7) is 4.69. The molecule has 4 rings (SSSR count). The average Bonchev–Trinajstić information content (AvgIpc) is 2.69. The molecule has 1 fully saturated rings. The van der Waals surface area contributed by atoms with Crippen LogP contribution in [0.1, 0.15) is 31.0 Å². The zero-order chi connectivity index (χ0) is 20.6. The van der Waals surface area contributed by atoms with Crippen molar-refractivity contribution in [2.45, 2.75) is 32.0 Å². The highest BCUT2D eigenvalue weighted by molar-refractivity contribution is 9.10. The number of halogens is 1. The Balaban J connectivity index is 1.72. The highest BCUT2D eigenvalue weighted by Gasteiger charge is 2.59. The van der Waals surface area contributed by atoms with Gasteiger partial charge in [0.15, 0.2) is 10.8 Å². The molecule has 1 N–H and O–H groups in total. The molecule has 0 unspecified atom stereocenters. The van der Waals surface area contributed by atoms with Gasteiger partial charge >= 0.3 is 5.97 Å². The van der Waals surface area contributed by atoms with Crippen molar-refractivity contribution < 1.29 is 14.3 Å². The van der Waals surface area contributed by atoms with Crippen LogP contribution in [0.15, 0.2) is 53.0 Å². The lowest BCUT2D eigenvalue weighted by atomic mass is 9.79.